The maximum Gasteiger partial charge on any atom is 0.246 e. The molecule has 2 N–H and O–H groups in total. The van der Waals surface area contributed by atoms with Crippen molar-refractivity contribution in [2.24, 2.45) is 11.7 Å². The molecule has 0 aromatic carbocycles. The first-order valence-electron chi connectivity index (χ1n) is 5.72. The van der Waals surface area contributed by atoms with Crippen LogP contribution >= 0.6 is 0 Å². The van der Waals surface area contributed by atoms with Crippen molar-refractivity contribution in [2.45, 2.75) is 51.5 Å². The summed E-state index contributed by atoms with van der Waals surface area (Å²) in [5.41, 5.74) is 5.78. The number of hydrogen-bond donors (Lipinski definition) is 1. The molecular weight excluding hydrogens is 190 g/mol. The molecule has 84 valence electrons. The van der Waals surface area contributed by atoms with Crippen LogP contribution in [0, 0.1) is 5.92 Å². The predicted molar refractivity (Wildman–Crippen MR) is 57.2 cm³/mol. The van der Waals surface area contributed by atoms with E-state index >= 15 is 0 Å². The number of hydrogen-bond acceptors (Lipinski definition) is 4. The van der Waals surface area contributed by atoms with Gasteiger partial charge in [0, 0.05) is 6.42 Å². The normalized spacial score (nSPS) is 19.2. The van der Waals surface area contributed by atoms with Gasteiger partial charge in [-0.05, 0) is 31.6 Å². The van der Waals surface area contributed by atoms with Gasteiger partial charge in [0.05, 0.1) is 5.54 Å². The van der Waals surface area contributed by atoms with Crippen molar-refractivity contribution in [1.29, 1.82) is 0 Å². The lowest BCUT2D eigenvalue weighted by atomic mass is 9.78. The van der Waals surface area contributed by atoms with Crippen LogP contribution in [0.4, 0.5) is 0 Å². The highest BCUT2D eigenvalue weighted by Gasteiger charge is 2.39. The van der Waals surface area contributed by atoms with Crippen LogP contribution < -0.4 is 5.73 Å². The molecule has 0 bridgehead atoms. The van der Waals surface area contributed by atoms with Crippen molar-refractivity contribution in [3.8, 4) is 0 Å². The van der Waals surface area contributed by atoms with Crippen molar-refractivity contribution in [3.05, 3.63) is 11.7 Å². The Bertz CT molecular complexity index is 328. The lowest BCUT2D eigenvalue weighted by Crippen LogP contribution is -2.43. The van der Waals surface area contributed by atoms with E-state index in [1.165, 1.54) is 6.42 Å². The van der Waals surface area contributed by atoms with Crippen molar-refractivity contribution in [2.75, 3.05) is 0 Å². The quantitative estimate of drug-likeness (QED) is 0.823. The van der Waals surface area contributed by atoms with Gasteiger partial charge in [0.15, 0.2) is 5.82 Å². The molecule has 1 aliphatic carbocycles. The fraction of sp³-hybridized carbons (Fsp3) is 0.818. The minimum atomic E-state index is -0.316. The predicted octanol–water partition coefficient (Wildman–Crippen LogP) is 2.00. The van der Waals surface area contributed by atoms with Crippen LogP contribution in [0.3, 0.4) is 0 Å². The summed E-state index contributed by atoms with van der Waals surface area (Å²) in [6.07, 6.45) is 5.09. The van der Waals surface area contributed by atoms with E-state index in [1.807, 2.05) is 0 Å². The van der Waals surface area contributed by atoms with E-state index in [-0.39, 0.29) is 5.54 Å². The SMILES string of the molecule is CC(C)CCc1noc(C2(N)CCC2)n1. The highest BCUT2D eigenvalue weighted by Crippen LogP contribution is 2.37. The Morgan fingerprint density at radius 2 is 2.20 bits per heavy atom. The molecule has 2 rings (SSSR count). The highest BCUT2D eigenvalue weighted by molar-refractivity contribution is 5.07. The Labute approximate surface area is 90.2 Å². The van der Waals surface area contributed by atoms with Gasteiger partial charge < -0.3 is 10.3 Å². The molecular formula is C11H19N3O. The van der Waals surface area contributed by atoms with E-state index in [0.29, 0.717) is 11.8 Å². The maximum absolute atomic E-state index is 6.10. The molecule has 0 spiro atoms. The molecule has 15 heavy (non-hydrogen) atoms. The molecule has 4 heteroatoms. The summed E-state index contributed by atoms with van der Waals surface area (Å²) in [6, 6.07) is 0. The van der Waals surface area contributed by atoms with Gasteiger partial charge in [-0.25, -0.2) is 0 Å². The first kappa shape index (κ1) is 10.6. The molecule has 0 aliphatic heterocycles. The van der Waals surface area contributed by atoms with Crippen LogP contribution in [-0.2, 0) is 12.0 Å². The van der Waals surface area contributed by atoms with Gasteiger partial charge in [-0.2, -0.15) is 4.98 Å². The molecule has 0 amide bonds. The molecule has 0 atom stereocenters. The second kappa shape index (κ2) is 3.93. The first-order valence-corrected chi connectivity index (χ1v) is 5.72. The fourth-order valence-corrected chi connectivity index (χ4v) is 1.75. The van der Waals surface area contributed by atoms with Gasteiger partial charge in [-0.15, -0.1) is 0 Å². The van der Waals surface area contributed by atoms with Gasteiger partial charge in [-0.3, -0.25) is 0 Å². The molecule has 0 saturated heterocycles. The zero-order valence-corrected chi connectivity index (χ0v) is 9.49. The summed E-state index contributed by atoms with van der Waals surface area (Å²) in [5.74, 6) is 2.10. The molecule has 1 aromatic rings. The monoisotopic (exact) mass is 209 g/mol. The number of aryl methyl sites for hydroxylation is 1. The molecule has 1 saturated carbocycles. The maximum atomic E-state index is 6.10. The van der Waals surface area contributed by atoms with Crippen LogP contribution in [0.2, 0.25) is 0 Å². The van der Waals surface area contributed by atoms with Crippen LogP contribution in [0.15, 0.2) is 4.52 Å². The lowest BCUT2D eigenvalue weighted by Gasteiger charge is -2.33. The van der Waals surface area contributed by atoms with Crippen LogP contribution in [0.25, 0.3) is 0 Å². The summed E-state index contributed by atoms with van der Waals surface area (Å²) in [7, 11) is 0. The standard InChI is InChI=1S/C11H19N3O/c1-8(2)4-5-9-13-10(15-14-9)11(12)6-3-7-11/h8H,3-7,12H2,1-2H3. The van der Waals surface area contributed by atoms with Gasteiger partial charge in [0.2, 0.25) is 5.89 Å². The number of nitrogens with zero attached hydrogens (tertiary/aromatic N) is 2. The average molecular weight is 209 g/mol. The van der Waals surface area contributed by atoms with Gasteiger partial charge in [-0.1, -0.05) is 19.0 Å². The van der Waals surface area contributed by atoms with Crippen molar-refractivity contribution >= 4 is 0 Å². The molecule has 0 unspecified atom stereocenters. The highest BCUT2D eigenvalue weighted by atomic mass is 16.5. The van der Waals surface area contributed by atoms with Crippen LogP contribution in [0.5, 0.6) is 0 Å². The summed E-state index contributed by atoms with van der Waals surface area (Å²) in [5, 5.41) is 3.97. The smallest absolute Gasteiger partial charge is 0.246 e. The zero-order chi connectivity index (χ0) is 10.9. The minimum Gasteiger partial charge on any atom is -0.337 e. The second-order valence-corrected chi connectivity index (χ2v) is 4.96. The summed E-state index contributed by atoms with van der Waals surface area (Å²) >= 11 is 0. The molecule has 1 fully saturated rings. The summed E-state index contributed by atoms with van der Waals surface area (Å²) < 4.78 is 5.22. The molecule has 4 nitrogen and oxygen atoms in total. The molecule has 1 heterocycles. The zero-order valence-electron chi connectivity index (χ0n) is 9.49. The average Bonchev–Trinajstić information content (AvgIpc) is 2.59. The number of aromatic nitrogens is 2. The van der Waals surface area contributed by atoms with Crippen LogP contribution in [-0.4, -0.2) is 10.1 Å². The topological polar surface area (TPSA) is 64.9 Å². The van der Waals surface area contributed by atoms with E-state index in [9.17, 15) is 0 Å². The van der Waals surface area contributed by atoms with Gasteiger partial charge in [0.1, 0.15) is 0 Å². The Morgan fingerprint density at radius 3 is 2.73 bits per heavy atom. The Kier molecular flexibility index (Phi) is 2.78. The minimum absolute atomic E-state index is 0.316. The van der Waals surface area contributed by atoms with Crippen molar-refractivity contribution < 1.29 is 4.52 Å². The van der Waals surface area contributed by atoms with Gasteiger partial charge in [0.25, 0.3) is 0 Å². The fourth-order valence-electron chi connectivity index (χ4n) is 1.75. The second-order valence-electron chi connectivity index (χ2n) is 4.96. The van der Waals surface area contributed by atoms with Crippen LogP contribution in [0.1, 0.15) is 51.2 Å². The third kappa shape index (κ3) is 2.20. The third-order valence-electron chi connectivity index (χ3n) is 3.09. The molecule has 1 aliphatic rings. The van der Waals surface area contributed by atoms with Crippen molar-refractivity contribution in [1.82, 2.24) is 10.1 Å². The lowest BCUT2D eigenvalue weighted by molar-refractivity contribution is 0.181. The van der Waals surface area contributed by atoms with E-state index in [1.54, 1.807) is 0 Å². The third-order valence-corrected chi connectivity index (χ3v) is 3.09. The van der Waals surface area contributed by atoms with E-state index in [0.717, 1.165) is 31.5 Å². The Morgan fingerprint density at radius 1 is 1.47 bits per heavy atom. The first-order chi connectivity index (χ1) is 7.10. The Hall–Kier alpha value is -0.900. The Balaban J connectivity index is 1.98. The van der Waals surface area contributed by atoms with Gasteiger partial charge >= 0.3 is 0 Å². The van der Waals surface area contributed by atoms with E-state index in [2.05, 4.69) is 24.0 Å². The number of nitrogens with two attached hydrogens (primary N) is 1. The summed E-state index contributed by atoms with van der Waals surface area (Å²) in [6.45, 7) is 4.38. The van der Waals surface area contributed by atoms with Crippen molar-refractivity contribution in [3.63, 3.8) is 0 Å². The molecule has 0 radical (unpaired) electrons. The summed E-state index contributed by atoms with van der Waals surface area (Å²) in [4.78, 5) is 4.37. The largest absolute Gasteiger partial charge is 0.337 e. The van der Waals surface area contributed by atoms with E-state index in [4.69, 9.17) is 10.3 Å². The number of rotatable bonds is 4. The molecule has 1 aromatic heterocycles. The van der Waals surface area contributed by atoms with E-state index < -0.39 is 0 Å².